The monoisotopic (exact) mass is 307 g/mol. The first-order valence-corrected chi connectivity index (χ1v) is 7.62. The summed E-state index contributed by atoms with van der Waals surface area (Å²) in [5, 5.41) is 7.46. The third-order valence-electron chi connectivity index (χ3n) is 3.74. The molecule has 0 bridgehead atoms. The number of fused-ring (bicyclic) bond motifs is 1. The summed E-state index contributed by atoms with van der Waals surface area (Å²) in [5.74, 6) is 1.46. The maximum absolute atomic E-state index is 4.54. The van der Waals surface area contributed by atoms with Gasteiger partial charge in [0.05, 0.1) is 5.52 Å². The minimum absolute atomic E-state index is 0.620. The van der Waals surface area contributed by atoms with Crippen molar-refractivity contribution in [1.29, 1.82) is 0 Å². The second-order valence-electron chi connectivity index (χ2n) is 5.58. The second-order valence-corrected chi connectivity index (χ2v) is 5.58. The summed E-state index contributed by atoms with van der Waals surface area (Å²) in [7, 11) is 5.91. The van der Waals surface area contributed by atoms with Crippen molar-refractivity contribution < 1.29 is 0 Å². The Morgan fingerprint density at radius 3 is 2.39 bits per heavy atom. The van der Waals surface area contributed by atoms with Crippen molar-refractivity contribution in [2.45, 2.75) is 6.54 Å². The molecule has 0 aliphatic rings. The molecule has 5 nitrogen and oxygen atoms in total. The molecule has 0 spiro atoms. The Hall–Kier alpha value is -2.82. The average molecular weight is 307 g/mol. The van der Waals surface area contributed by atoms with E-state index in [2.05, 4.69) is 49.8 Å². The van der Waals surface area contributed by atoms with E-state index in [0.29, 0.717) is 5.95 Å². The molecule has 2 aromatic carbocycles. The fourth-order valence-electron chi connectivity index (χ4n) is 2.42. The first kappa shape index (κ1) is 15.1. The Balaban J connectivity index is 1.83. The fraction of sp³-hybridized carbons (Fsp3) is 0.222. The van der Waals surface area contributed by atoms with Gasteiger partial charge in [0.2, 0.25) is 5.95 Å². The Morgan fingerprint density at radius 1 is 0.957 bits per heavy atom. The van der Waals surface area contributed by atoms with E-state index in [9.17, 15) is 0 Å². The van der Waals surface area contributed by atoms with Crippen LogP contribution in [0.15, 0.2) is 48.5 Å². The van der Waals surface area contributed by atoms with Gasteiger partial charge in [-0.1, -0.05) is 24.3 Å². The lowest BCUT2D eigenvalue weighted by molar-refractivity contribution is 1.09. The van der Waals surface area contributed by atoms with Crippen molar-refractivity contribution >= 4 is 28.4 Å². The highest BCUT2D eigenvalue weighted by Gasteiger charge is 2.06. The van der Waals surface area contributed by atoms with Crippen LogP contribution in [0.5, 0.6) is 0 Å². The molecule has 0 radical (unpaired) electrons. The Kier molecular flexibility index (Phi) is 4.28. The number of nitrogens with one attached hydrogen (secondary N) is 2. The van der Waals surface area contributed by atoms with Crippen LogP contribution in [0.3, 0.4) is 0 Å². The smallest absolute Gasteiger partial charge is 0.224 e. The van der Waals surface area contributed by atoms with E-state index in [0.717, 1.165) is 23.3 Å². The highest BCUT2D eigenvalue weighted by Crippen LogP contribution is 2.22. The van der Waals surface area contributed by atoms with Gasteiger partial charge in [0.25, 0.3) is 0 Å². The van der Waals surface area contributed by atoms with Crippen molar-refractivity contribution in [1.82, 2.24) is 9.97 Å². The summed E-state index contributed by atoms with van der Waals surface area (Å²) in [4.78, 5) is 11.1. The molecule has 1 aromatic heterocycles. The van der Waals surface area contributed by atoms with Gasteiger partial charge in [-0.25, -0.2) is 4.98 Å². The topological polar surface area (TPSA) is 53.1 Å². The third kappa shape index (κ3) is 3.34. The molecule has 23 heavy (non-hydrogen) atoms. The van der Waals surface area contributed by atoms with E-state index >= 15 is 0 Å². The predicted molar refractivity (Wildman–Crippen MR) is 97.2 cm³/mol. The highest BCUT2D eigenvalue weighted by molar-refractivity contribution is 5.89. The largest absolute Gasteiger partial charge is 0.378 e. The van der Waals surface area contributed by atoms with Gasteiger partial charge in [-0.3, -0.25) is 0 Å². The molecule has 1 heterocycles. The van der Waals surface area contributed by atoms with Gasteiger partial charge in [0.15, 0.2) is 0 Å². The number of aromatic nitrogens is 2. The predicted octanol–water partition coefficient (Wildman–Crippen LogP) is 3.35. The van der Waals surface area contributed by atoms with Crippen molar-refractivity contribution in [3.05, 3.63) is 54.1 Å². The van der Waals surface area contributed by atoms with E-state index in [1.165, 1.54) is 11.3 Å². The van der Waals surface area contributed by atoms with Gasteiger partial charge in [-0.2, -0.15) is 4.98 Å². The summed E-state index contributed by atoms with van der Waals surface area (Å²) in [6.07, 6.45) is 0. The van der Waals surface area contributed by atoms with Crippen LogP contribution in [0.1, 0.15) is 5.56 Å². The molecule has 3 aromatic rings. The molecule has 2 N–H and O–H groups in total. The standard InChI is InChI=1S/C18H21N5/c1-19-18-21-16-7-5-4-6-15(16)17(22-18)20-12-13-8-10-14(11-9-13)23(2)3/h4-11H,12H2,1-3H3,(H2,19,20,21,22). The quantitative estimate of drug-likeness (QED) is 0.757. The van der Waals surface area contributed by atoms with Crippen LogP contribution in [0.25, 0.3) is 10.9 Å². The Morgan fingerprint density at radius 2 is 1.70 bits per heavy atom. The van der Waals surface area contributed by atoms with Crippen molar-refractivity contribution in [3.8, 4) is 0 Å². The van der Waals surface area contributed by atoms with Crippen molar-refractivity contribution in [2.24, 2.45) is 0 Å². The number of para-hydroxylation sites is 1. The molecule has 0 saturated carbocycles. The minimum atomic E-state index is 0.620. The molecule has 0 atom stereocenters. The Labute approximate surface area is 136 Å². The lowest BCUT2D eigenvalue weighted by Gasteiger charge is -2.14. The third-order valence-corrected chi connectivity index (χ3v) is 3.74. The first-order valence-electron chi connectivity index (χ1n) is 7.62. The van der Waals surface area contributed by atoms with E-state index < -0.39 is 0 Å². The average Bonchev–Trinajstić information content (AvgIpc) is 2.59. The fourth-order valence-corrected chi connectivity index (χ4v) is 2.42. The summed E-state index contributed by atoms with van der Waals surface area (Å²) < 4.78 is 0. The van der Waals surface area contributed by atoms with Crippen molar-refractivity contribution in [3.63, 3.8) is 0 Å². The maximum Gasteiger partial charge on any atom is 0.224 e. The molecular formula is C18H21N5. The van der Waals surface area contributed by atoms with Gasteiger partial charge in [0.1, 0.15) is 5.82 Å². The highest BCUT2D eigenvalue weighted by atomic mass is 15.1. The van der Waals surface area contributed by atoms with E-state index in [1.54, 1.807) is 0 Å². The summed E-state index contributed by atoms with van der Waals surface area (Å²) >= 11 is 0. The van der Waals surface area contributed by atoms with Crippen LogP contribution < -0.4 is 15.5 Å². The number of hydrogen-bond donors (Lipinski definition) is 2. The molecule has 0 aliphatic carbocycles. The first-order chi connectivity index (χ1) is 11.2. The van der Waals surface area contributed by atoms with Crippen LogP contribution in [0, 0.1) is 0 Å². The van der Waals surface area contributed by atoms with Crippen molar-refractivity contribution in [2.75, 3.05) is 36.7 Å². The van der Waals surface area contributed by atoms with Gasteiger partial charge in [-0.05, 0) is 29.8 Å². The maximum atomic E-state index is 4.54. The van der Waals surface area contributed by atoms with E-state index in [1.807, 2.05) is 45.4 Å². The number of nitrogens with zero attached hydrogens (tertiary/aromatic N) is 3. The van der Waals surface area contributed by atoms with E-state index in [4.69, 9.17) is 0 Å². The minimum Gasteiger partial charge on any atom is -0.378 e. The van der Waals surface area contributed by atoms with Gasteiger partial charge >= 0.3 is 0 Å². The molecule has 0 unspecified atom stereocenters. The zero-order chi connectivity index (χ0) is 16.2. The SMILES string of the molecule is CNc1nc(NCc2ccc(N(C)C)cc2)c2ccccc2n1. The Bertz CT molecular complexity index is 796. The van der Waals surface area contributed by atoms with Crippen LogP contribution in [-0.2, 0) is 6.54 Å². The lowest BCUT2D eigenvalue weighted by Crippen LogP contribution is -2.09. The summed E-state index contributed by atoms with van der Waals surface area (Å²) in [6, 6.07) is 16.5. The number of rotatable bonds is 5. The van der Waals surface area contributed by atoms with Crippen LogP contribution in [0.4, 0.5) is 17.5 Å². The molecule has 0 fully saturated rings. The molecule has 0 saturated heterocycles. The second kappa shape index (κ2) is 6.52. The van der Waals surface area contributed by atoms with Crippen LogP contribution in [-0.4, -0.2) is 31.1 Å². The normalized spacial score (nSPS) is 10.6. The molecule has 0 amide bonds. The summed E-state index contributed by atoms with van der Waals surface area (Å²) in [5.41, 5.74) is 3.33. The summed E-state index contributed by atoms with van der Waals surface area (Å²) in [6.45, 7) is 0.720. The van der Waals surface area contributed by atoms with Gasteiger partial charge in [-0.15, -0.1) is 0 Å². The zero-order valence-electron chi connectivity index (χ0n) is 13.7. The lowest BCUT2D eigenvalue weighted by atomic mass is 10.2. The number of hydrogen-bond acceptors (Lipinski definition) is 5. The van der Waals surface area contributed by atoms with Gasteiger partial charge < -0.3 is 15.5 Å². The molecule has 118 valence electrons. The van der Waals surface area contributed by atoms with Crippen LogP contribution >= 0.6 is 0 Å². The van der Waals surface area contributed by atoms with Gasteiger partial charge in [0, 0.05) is 38.8 Å². The molecule has 0 aliphatic heterocycles. The molecule has 5 heteroatoms. The number of benzene rings is 2. The zero-order valence-corrected chi connectivity index (χ0v) is 13.7. The number of anilines is 3. The molecule has 3 rings (SSSR count). The molecular weight excluding hydrogens is 286 g/mol. The van der Waals surface area contributed by atoms with E-state index in [-0.39, 0.29) is 0 Å². The van der Waals surface area contributed by atoms with Crippen LogP contribution in [0.2, 0.25) is 0 Å².